The summed E-state index contributed by atoms with van der Waals surface area (Å²) in [6.45, 7) is 6.03. The van der Waals surface area contributed by atoms with Crippen molar-refractivity contribution in [2.75, 3.05) is 61.2 Å². The molecule has 0 unspecified atom stereocenters. The lowest BCUT2D eigenvalue weighted by molar-refractivity contribution is -0.0794. The minimum atomic E-state index is -0.326. The smallest absolute Gasteiger partial charge is 0.272 e. The molecule has 2 aliphatic heterocycles. The molecule has 1 saturated carbocycles. The van der Waals surface area contributed by atoms with Gasteiger partial charge >= 0.3 is 0 Å². The number of hydrogen-bond donors (Lipinski definition) is 4. The third-order valence-electron chi connectivity index (χ3n) is 22.5. The number of halogens is 1. The van der Waals surface area contributed by atoms with Crippen LogP contribution in [0.2, 0.25) is 0 Å². The number of nitriles is 3. The Morgan fingerprint density at radius 2 is 0.814 bits per heavy atom. The van der Waals surface area contributed by atoms with E-state index in [1.54, 1.807) is 133 Å². The summed E-state index contributed by atoms with van der Waals surface area (Å²) in [5.74, 6) is 1.38. The van der Waals surface area contributed by atoms with Crippen LogP contribution in [0.15, 0.2) is 261 Å². The summed E-state index contributed by atoms with van der Waals surface area (Å²) in [4.78, 5) is 64.0. The number of nitrogens with one attached hydrogen (secondary N) is 4. The number of hydrogen-bond acceptors (Lipinski definition) is 18. The number of pyridine rings is 1. The Labute approximate surface area is 742 Å². The average Bonchev–Trinajstić information content (AvgIpc) is 1.16. The molecule has 129 heavy (non-hydrogen) atoms. The zero-order valence-corrected chi connectivity index (χ0v) is 71.4. The monoisotopic (exact) mass is 1720 g/mol. The van der Waals surface area contributed by atoms with Gasteiger partial charge < -0.3 is 48.0 Å². The summed E-state index contributed by atoms with van der Waals surface area (Å²) in [7, 11) is 7.06. The first-order valence-corrected chi connectivity index (χ1v) is 42.1. The Hall–Kier alpha value is -16.2. The van der Waals surface area contributed by atoms with Gasteiger partial charge in [0.1, 0.15) is 41.0 Å². The van der Waals surface area contributed by atoms with Gasteiger partial charge in [-0.05, 0) is 180 Å². The number of ether oxygens (including phenoxy) is 6. The number of aromatic amines is 4. The van der Waals surface area contributed by atoms with Crippen molar-refractivity contribution in [3.63, 3.8) is 0 Å². The molecule has 1 aliphatic carbocycles. The first-order chi connectivity index (χ1) is 62.9. The maximum Gasteiger partial charge on any atom is 0.272 e. The van der Waals surface area contributed by atoms with E-state index in [0.717, 1.165) is 124 Å². The number of fused-ring (bicyclic) bond motifs is 4. The molecule has 0 bridgehead atoms. The van der Waals surface area contributed by atoms with Crippen molar-refractivity contribution >= 4 is 67.2 Å². The summed E-state index contributed by atoms with van der Waals surface area (Å²) in [6.07, 6.45) is 10.2. The van der Waals surface area contributed by atoms with E-state index in [1.807, 2.05) is 171 Å². The van der Waals surface area contributed by atoms with Crippen LogP contribution in [-0.4, -0.2) is 169 Å². The molecule has 11 aromatic carbocycles. The molecular weight excluding hydrogens is 1630 g/mol. The highest BCUT2D eigenvalue weighted by atomic mass is 19.1. The number of carbonyl (C=O) groups excluding carboxylic acids is 4. The molecule has 2 saturated heterocycles. The predicted molar refractivity (Wildman–Crippen MR) is 487 cm³/mol. The maximum absolute atomic E-state index is 13.8. The number of para-hydroxylation sites is 3. The van der Waals surface area contributed by atoms with E-state index >= 15 is 0 Å². The predicted octanol–water partition coefficient (Wildman–Crippen LogP) is 18.0. The molecule has 0 spiro atoms. The summed E-state index contributed by atoms with van der Waals surface area (Å²) in [5, 5.41) is 59.9. The van der Waals surface area contributed by atoms with E-state index in [4.69, 9.17) is 28.4 Å². The average molecular weight is 1720 g/mol. The fourth-order valence-electron chi connectivity index (χ4n) is 15.4. The minimum absolute atomic E-state index is 0.0519. The van der Waals surface area contributed by atoms with Crippen molar-refractivity contribution in [3.8, 4) is 85.8 Å². The number of H-pyrrole nitrogens is 4. The lowest BCUT2D eigenvalue weighted by atomic mass is 9.95. The summed E-state index contributed by atoms with van der Waals surface area (Å²) >= 11 is 0. The van der Waals surface area contributed by atoms with Gasteiger partial charge in [-0.1, -0.05) is 127 Å². The Kier molecular flexibility index (Phi) is 26.6. The third-order valence-corrected chi connectivity index (χ3v) is 22.5. The highest BCUT2D eigenvalue weighted by Crippen LogP contribution is 2.40. The molecule has 7 heterocycles. The lowest BCUT2D eigenvalue weighted by Gasteiger charge is -2.28. The van der Waals surface area contributed by atoms with Crippen LogP contribution in [0.3, 0.4) is 0 Å². The van der Waals surface area contributed by atoms with E-state index in [2.05, 4.69) is 64.0 Å². The second-order valence-electron chi connectivity index (χ2n) is 31.5. The number of carbonyl (C=O) groups is 4. The molecule has 4 amide bonds. The lowest BCUT2D eigenvalue weighted by Crippen LogP contribution is -2.38. The summed E-state index contributed by atoms with van der Waals surface area (Å²) in [6, 6.07) is 78.7. The molecule has 16 aromatic rings. The van der Waals surface area contributed by atoms with Crippen molar-refractivity contribution in [2.45, 2.75) is 70.7 Å². The minimum Gasteiger partial charge on any atom is -0.490 e. The first-order valence-electron chi connectivity index (χ1n) is 42.1. The van der Waals surface area contributed by atoms with Crippen molar-refractivity contribution in [2.24, 2.45) is 0 Å². The number of rotatable bonds is 24. The van der Waals surface area contributed by atoms with Crippen molar-refractivity contribution in [1.29, 1.82) is 15.8 Å². The van der Waals surface area contributed by atoms with E-state index in [0.29, 0.717) is 127 Å². The van der Waals surface area contributed by atoms with Crippen LogP contribution < -0.4 is 18.9 Å². The fraction of sp³-hybridized carbons (Fsp3) is 0.196. The van der Waals surface area contributed by atoms with Crippen LogP contribution in [0.25, 0.3) is 88.1 Å². The Bertz CT molecular complexity index is 6720. The van der Waals surface area contributed by atoms with Gasteiger partial charge in [0.15, 0.2) is 0 Å². The third kappa shape index (κ3) is 20.0. The van der Waals surface area contributed by atoms with Gasteiger partial charge in [0.25, 0.3) is 23.6 Å². The van der Waals surface area contributed by atoms with E-state index in [-0.39, 0.29) is 47.8 Å². The quantitative estimate of drug-likeness (QED) is 0.0436. The van der Waals surface area contributed by atoms with E-state index in [9.17, 15) is 39.4 Å². The fourth-order valence-corrected chi connectivity index (χ4v) is 15.4. The normalized spacial score (nSPS) is 12.8. The number of nitrogens with zero attached hydrogens (tertiary/aromatic N) is 12. The zero-order valence-electron chi connectivity index (χ0n) is 71.4. The SMILES string of the molecule is CCOc1nc(C(=O)N(C)Cc2ccc(C#N)c3cn[nH]c23)ccc1-c1ccccc1.CN(Cc1cccc2cn[nH]c12)C(=O)c1ccc(-c2cccc(C#N)c2)c(OC2CCC2)c1.CN(Cc1cccc2cn[nH]c12)C(=O)c1ccc(-c2cccc(C#N)c2)c(OC2COC2)c1.CN(Cc1cccc2cn[nH]c12)C(=O)c1ccc(-c2cccc(F)c2)c(OC2COC2)c1. The van der Waals surface area contributed by atoms with Gasteiger partial charge in [-0.25, -0.2) is 9.37 Å². The Morgan fingerprint density at radius 3 is 1.23 bits per heavy atom. The van der Waals surface area contributed by atoms with Crippen LogP contribution in [0.5, 0.6) is 23.1 Å². The zero-order chi connectivity index (χ0) is 89.4. The number of aromatic nitrogens is 9. The maximum atomic E-state index is 13.8. The van der Waals surface area contributed by atoms with Gasteiger partial charge in [0, 0.05) is 115 Å². The molecule has 4 N–H and O–H groups in total. The molecule has 5 aromatic heterocycles. The van der Waals surface area contributed by atoms with Gasteiger partial charge in [0.2, 0.25) is 5.88 Å². The molecule has 644 valence electrons. The highest BCUT2D eigenvalue weighted by molar-refractivity contribution is 5.99. The second-order valence-corrected chi connectivity index (χ2v) is 31.5. The molecule has 0 atom stereocenters. The van der Waals surface area contributed by atoms with Crippen molar-refractivity contribution in [1.82, 2.24) is 65.4 Å². The van der Waals surface area contributed by atoms with Crippen molar-refractivity contribution < 1.29 is 52.0 Å². The second kappa shape index (κ2) is 39.8. The highest BCUT2D eigenvalue weighted by Gasteiger charge is 2.29. The summed E-state index contributed by atoms with van der Waals surface area (Å²) < 4.78 is 48.5. The summed E-state index contributed by atoms with van der Waals surface area (Å²) in [5.41, 5.74) is 17.7. The largest absolute Gasteiger partial charge is 0.490 e. The van der Waals surface area contributed by atoms with Gasteiger partial charge in [-0.2, -0.15) is 36.2 Å². The number of benzene rings is 11. The number of amides is 4. The molecule has 3 aliphatic rings. The molecule has 26 nitrogen and oxygen atoms in total. The van der Waals surface area contributed by atoms with Gasteiger partial charge in [-0.3, -0.25) is 39.6 Å². The van der Waals surface area contributed by atoms with Crippen LogP contribution in [0.4, 0.5) is 4.39 Å². The first kappa shape index (κ1) is 86.4. The standard InChI is InChI=1S/C27H24N4O2.C26H22N4O3.C25H22FN3O3.C24H21N5O2/c1-31(17-22-8-3-7-21-16-29-30-26(21)22)27(32)20-11-12-24(19-6-2-5-18(13-19)15-28)25(14-20)33-23-9-4-10-23;1-30(14-21-7-3-6-20-13-28-29-25(20)21)26(31)19-8-9-23(18-5-2-4-17(10-18)12-27)24(11-19)33-22-15-32-16-22;1-29(13-19-6-2-5-18-12-27-28-24(18)19)25(30)17-8-9-22(16-4-3-7-20(26)10-16)23(11-17)32-21-14-31-15-21;1-3-31-23-19(16-7-5-4-6-8-16)11-12-21(27-23)24(30)29(2)15-18-10-9-17(13-25)20-14-26-28-22(18)20/h2-3,5-8,11-14,16,23H,4,9-10,17H2,1H3,(H,29,30);2-11,13,22H,14-16H2,1H3,(H,28,29);2-12,21H,13-15H2,1H3,(H,27,28);4-12,14H,3,15H2,1-2H3,(H,26,28). The molecule has 3 fully saturated rings. The van der Waals surface area contributed by atoms with Crippen LogP contribution in [0.1, 0.15) is 107 Å². The van der Waals surface area contributed by atoms with Crippen LogP contribution >= 0.6 is 0 Å². The molecule has 0 radical (unpaired) electrons. The van der Waals surface area contributed by atoms with E-state index in [1.165, 1.54) is 12.1 Å². The molecule has 27 heteroatoms. The molecule has 19 rings (SSSR count). The van der Waals surface area contributed by atoms with Crippen LogP contribution in [-0.2, 0) is 35.7 Å². The Morgan fingerprint density at radius 1 is 0.411 bits per heavy atom. The van der Waals surface area contributed by atoms with Gasteiger partial charge in [0.05, 0.1) is 121 Å². The van der Waals surface area contributed by atoms with E-state index < -0.39 is 0 Å². The topological polar surface area (TPSA) is 336 Å². The Balaban J connectivity index is 0.000000126. The molecular formula is C102H89FN16O10. The van der Waals surface area contributed by atoms with Crippen LogP contribution in [0, 0.1) is 39.8 Å². The van der Waals surface area contributed by atoms with Gasteiger partial charge in [-0.15, -0.1) is 0 Å². The van der Waals surface area contributed by atoms with Crippen molar-refractivity contribution in [3.05, 3.63) is 329 Å².